The number of carbonyl (C=O) groups excluding carboxylic acids is 1. The molecule has 0 bridgehead atoms. The van der Waals surface area contributed by atoms with Crippen molar-refractivity contribution in [3.05, 3.63) is 29.8 Å². The minimum atomic E-state index is 0. The van der Waals surface area contributed by atoms with Gasteiger partial charge >= 0.3 is 0 Å². The summed E-state index contributed by atoms with van der Waals surface area (Å²) in [6.45, 7) is 1.65. The second kappa shape index (κ2) is 11.0. The topological polar surface area (TPSA) is 65.5 Å². The van der Waals surface area contributed by atoms with Gasteiger partial charge in [0.15, 0.2) is 5.96 Å². The molecule has 1 saturated carbocycles. The normalized spacial score (nSPS) is 20.0. The molecule has 2 fully saturated rings. The zero-order valence-electron chi connectivity index (χ0n) is 15.3. The fraction of sp³-hybridized carbons (Fsp3) is 0.579. The molecule has 1 saturated heterocycles. The number of nitrogens with zero attached hydrogens (tertiary/aromatic N) is 1. The van der Waals surface area contributed by atoms with Crippen LogP contribution in [0.15, 0.2) is 29.3 Å². The van der Waals surface area contributed by atoms with Crippen LogP contribution in [0.2, 0.25) is 0 Å². The maximum Gasteiger partial charge on any atom is 0.227 e. The lowest BCUT2D eigenvalue weighted by molar-refractivity contribution is -0.122. The minimum Gasteiger partial charge on any atom is -0.355 e. The third-order valence-electron chi connectivity index (χ3n) is 4.88. The van der Waals surface area contributed by atoms with Crippen molar-refractivity contribution in [2.24, 2.45) is 10.9 Å². The second-order valence-electron chi connectivity index (χ2n) is 6.76. The molecule has 1 aliphatic heterocycles. The predicted octanol–water partition coefficient (Wildman–Crippen LogP) is 3.60. The Bertz CT molecular complexity index is 615. The van der Waals surface area contributed by atoms with Crippen molar-refractivity contribution in [3.63, 3.8) is 0 Å². The van der Waals surface area contributed by atoms with E-state index in [0.717, 1.165) is 36.6 Å². The average molecular weight is 488 g/mol. The van der Waals surface area contributed by atoms with Gasteiger partial charge in [0.2, 0.25) is 5.91 Å². The van der Waals surface area contributed by atoms with Crippen LogP contribution in [-0.4, -0.2) is 36.5 Å². The van der Waals surface area contributed by atoms with E-state index in [9.17, 15) is 4.79 Å². The number of amides is 1. The lowest BCUT2D eigenvalue weighted by atomic mass is 9.85. The number of hydrogen-bond donors (Lipinski definition) is 3. The summed E-state index contributed by atoms with van der Waals surface area (Å²) in [7, 11) is 1.80. The van der Waals surface area contributed by atoms with Crippen LogP contribution in [0.3, 0.4) is 0 Å². The number of thioether (sulfide) groups is 1. The number of halogens is 1. The van der Waals surface area contributed by atoms with Crippen molar-refractivity contribution >= 4 is 53.3 Å². The first-order chi connectivity index (χ1) is 12.2. The van der Waals surface area contributed by atoms with E-state index in [0.29, 0.717) is 11.8 Å². The molecule has 0 aromatic heterocycles. The van der Waals surface area contributed by atoms with E-state index in [1.54, 1.807) is 7.05 Å². The first-order valence-electron chi connectivity index (χ1n) is 9.20. The van der Waals surface area contributed by atoms with Gasteiger partial charge in [-0.1, -0.05) is 18.6 Å². The maximum absolute atomic E-state index is 12.1. The van der Waals surface area contributed by atoms with Crippen LogP contribution in [0.5, 0.6) is 0 Å². The Hall–Kier alpha value is -0.960. The van der Waals surface area contributed by atoms with Crippen molar-refractivity contribution in [2.75, 3.05) is 24.7 Å². The lowest BCUT2D eigenvalue weighted by Crippen LogP contribution is -2.39. The Morgan fingerprint density at radius 1 is 1.23 bits per heavy atom. The van der Waals surface area contributed by atoms with Gasteiger partial charge in [0.25, 0.3) is 0 Å². The fourth-order valence-electron chi connectivity index (χ4n) is 3.10. The van der Waals surface area contributed by atoms with E-state index in [1.807, 2.05) is 30.0 Å². The summed E-state index contributed by atoms with van der Waals surface area (Å²) in [4.78, 5) is 16.4. The number of anilines is 1. The van der Waals surface area contributed by atoms with Gasteiger partial charge in [-0.05, 0) is 49.1 Å². The fourth-order valence-corrected chi connectivity index (χ4v) is 4.30. The van der Waals surface area contributed by atoms with Gasteiger partial charge in [-0.3, -0.25) is 9.79 Å². The summed E-state index contributed by atoms with van der Waals surface area (Å²) in [6.07, 6.45) is 5.83. The average Bonchev–Trinajstić information content (AvgIpc) is 3.07. The molecule has 7 heteroatoms. The van der Waals surface area contributed by atoms with Crippen molar-refractivity contribution in [3.8, 4) is 0 Å². The van der Waals surface area contributed by atoms with E-state index in [4.69, 9.17) is 0 Å². The number of benzene rings is 1. The highest BCUT2D eigenvalue weighted by Crippen LogP contribution is 2.27. The second-order valence-corrected chi connectivity index (χ2v) is 8.17. The number of carbonyl (C=O) groups is 1. The van der Waals surface area contributed by atoms with Gasteiger partial charge in [0.05, 0.1) is 0 Å². The van der Waals surface area contributed by atoms with Crippen LogP contribution in [0.25, 0.3) is 0 Å². The zero-order valence-corrected chi connectivity index (χ0v) is 18.4. The Balaban J connectivity index is 0.00000243. The molecule has 1 aromatic rings. The van der Waals surface area contributed by atoms with Crippen LogP contribution < -0.4 is 16.0 Å². The molecule has 5 nitrogen and oxygen atoms in total. The van der Waals surface area contributed by atoms with Crippen molar-refractivity contribution in [1.82, 2.24) is 10.6 Å². The van der Waals surface area contributed by atoms with Crippen molar-refractivity contribution in [2.45, 2.75) is 43.9 Å². The Morgan fingerprint density at radius 3 is 2.73 bits per heavy atom. The van der Waals surface area contributed by atoms with E-state index in [-0.39, 0.29) is 35.8 Å². The van der Waals surface area contributed by atoms with Crippen LogP contribution in [-0.2, 0) is 11.3 Å². The maximum atomic E-state index is 12.1. The van der Waals surface area contributed by atoms with E-state index in [1.165, 1.54) is 25.0 Å². The first kappa shape index (κ1) is 21.3. The summed E-state index contributed by atoms with van der Waals surface area (Å²) in [5.41, 5.74) is 2.01. The standard InChI is InChI=1S/C19H28N4OS.HI/c1-20-19(22-13-17-9-4-10-25-17)21-12-14-5-2-8-16(11-14)23-18(24)15-6-3-7-15;/h2,5,8,11,15,17H,3-4,6-7,9-10,12-13H2,1H3,(H,23,24)(H2,20,21,22);1H. The summed E-state index contributed by atoms with van der Waals surface area (Å²) in [5, 5.41) is 10.5. The Kier molecular flexibility index (Phi) is 9.04. The molecule has 0 radical (unpaired) electrons. The SMILES string of the molecule is CN=C(NCc1cccc(NC(=O)C2CCC2)c1)NCC1CCCS1.I. The van der Waals surface area contributed by atoms with Gasteiger partial charge in [0, 0.05) is 37.0 Å². The van der Waals surface area contributed by atoms with Gasteiger partial charge in [-0.15, -0.1) is 24.0 Å². The number of nitrogens with one attached hydrogen (secondary N) is 3. The predicted molar refractivity (Wildman–Crippen MR) is 122 cm³/mol. The smallest absolute Gasteiger partial charge is 0.227 e. The van der Waals surface area contributed by atoms with E-state index >= 15 is 0 Å². The molecule has 3 rings (SSSR count). The van der Waals surface area contributed by atoms with Crippen LogP contribution in [0.4, 0.5) is 5.69 Å². The van der Waals surface area contributed by atoms with Crippen LogP contribution >= 0.6 is 35.7 Å². The summed E-state index contributed by atoms with van der Waals surface area (Å²) < 4.78 is 0. The van der Waals surface area contributed by atoms with E-state index in [2.05, 4.69) is 27.0 Å². The highest BCUT2D eigenvalue weighted by molar-refractivity contribution is 14.0. The molecule has 3 N–H and O–H groups in total. The third kappa shape index (κ3) is 6.33. The molecule has 26 heavy (non-hydrogen) atoms. The number of guanidine groups is 1. The molecule has 1 amide bonds. The number of rotatable bonds is 6. The minimum absolute atomic E-state index is 0. The molecule has 1 heterocycles. The van der Waals surface area contributed by atoms with Crippen molar-refractivity contribution in [1.29, 1.82) is 0 Å². The molecule has 0 spiro atoms. The Labute approximate surface area is 177 Å². The molecule has 1 aromatic carbocycles. The van der Waals surface area contributed by atoms with E-state index < -0.39 is 0 Å². The molecular weight excluding hydrogens is 459 g/mol. The molecule has 2 aliphatic rings. The molecule has 144 valence electrons. The monoisotopic (exact) mass is 488 g/mol. The highest BCUT2D eigenvalue weighted by atomic mass is 127. The van der Waals surface area contributed by atoms with Gasteiger partial charge in [0.1, 0.15) is 0 Å². The van der Waals surface area contributed by atoms with Gasteiger partial charge < -0.3 is 16.0 Å². The molecular formula is C19H29IN4OS. The van der Waals surface area contributed by atoms with Crippen LogP contribution in [0.1, 0.15) is 37.7 Å². The summed E-state index contributed by atoms with van der Waals surface area (Å²) in [5.74, 6) is 2.47. The quantitative estimate of drug-likeness (QED) is 0.325. The molecule has 1 unspecified atom stereocenters. The number of hydrogen-bond acceptors (Lipinski definition) is 3. The van der Waals surface area contributed by atoms with Gasteiger partial charge in [-0.25, -0.2) is 0 Å². The highest BCUT2D eigenvalue weighted by Gasteiger charge is 2.25. The Morgan fingerprint density at radius 2 is 2.08 bits per heavy atom. The first-order valence-corrected chi connectivity index (χ1v) is 10.3. The van der Waals surface area contributed by atoms with Gasteiger partial charge in [-0.2, -0.15) is 11.8 Å². The van der Waals surface area contributed by atoms with Crippen molar-refractivity contribution < 1.29 is 4.79 Å². The molecule has 1 atom stereocenters. The summed E-state index contributed by atoms with van der Waals surface area (Å²) in [6, 6.07) is 8.03. The number of aliphatic imine (C=N–C) groups is 1. The zero-order chi connectivity index (χ0) is 17.5. The molecule has 1 aliphatic carbocycles. The van der Waals surface area contributed by atoms with Crippen LogP contribution in [0, 0.1) is 5.92 Å². The largest absolute Gasteiger partial charge is 0.355 e. The third-order valence-corrected chi connectivity index (χ3v) is 6.27. The lowest BCUT2D eigenvalue weighted by Gasteiger charge is -2.24. The summed E-state index contributed by atoms with van der Waals surface area (Å²) >= 11 is 2.04.